The second-order valence-corrected chi connectivity index (χ2v) is 4.70. The zero-order valence-corrected chi connectivity index (χ0v) is 12.0. The van der Waals surface area contributed by atoms with Crippen LogP contribution in [0, 0.1) is 0 Å². The fourth-order valence-electron chi connectivity index (χ4n) is 1.66. The number of allylic oxidation sites excluding steroid dienone is 1. The quantitative estimate of drug-likeness (QED) is 0.517. The molecule has 0 aliphatic heterocycles. The van der Waals surface area contributed by atoms with E-state index in [1.165, 1.54) is 0 Å². The largest absolute Gasteiger partial charge is 0.369 e. The van der Waals surface area contributed by atoms with Gasteiger partial charge in [-0.2, -0.15) is 0 Å². The summed E-state index contributed by atoms with van der Waals surface area (Å²) in [5.74, 6) is -0.0884. The molecule has 0 amide bonds. The molecule has 0 aliphatic carbocycles. The van der Waals surface area contributed by atoms with Gasteiger partial charge < -0.3 is 11.5 Å². The Morgan fingerprint density at radius 1 is 0.905 bits per heavy atom. The molecule has 5 heteroatoms. The zero-order chi connectivity index (χ0) is 15.1. The van der Waals surface area contributed by atoms with Gasteiger partial charge in [0.2, 0.25) is 5.96 Å². The first-order chi connectivity index (χ1) is 10.1. The summed E-state index contributed by atoms with van der Waals surface area (Å²) in [7, 11) is 0. The molecule has 2 aromatic carbocycles. The van der Waals surface area contributed by atoms with Gasteiger partial charge in [-0.25, -0.2) is 0 Å². The van der Waals surface area contributed by atoms with Crippen LogP contribution in [0.15, 0.2) is 70.9 Å². The predicted octanol–water partition coefficient (Wildman–Crippen LogP) is 3.03. The highest BCUT2D eigenvalue weighted by Crippen LogP contribution is 2.12. The molecule has 0 fully saturated rings. The van der Waals surface area contributed by atoms with E-state index in [9.17, 15) is 0 Å². The number of guanidine groups is 1. The lowest BCUT2D eigenvalue weighted by Crippen LogP contribution is -2.22. The van der Waals surface area contributed by atoms with Crippen molar-refractivity contribution >= 4 is 29.3 Å². The Hall–Kier alpha value is -2.59. The van der Waals surface area contributed by atoms with Crippen molar-refractivity contribution in [1.29, 1.82) is 0 Å². The van der Waals surface area contributed by atoms with Gasteiger partial charge >= 0.3 is 0 Å². The maximum absolute atomic E-state index is 5.89. The fraction of sp³-hybridized carbons (Fsp3) is 0. The number of nitrogens with zero attached hydrogens (tertiary/aromatic N) is 2. The van der Waals surface area contributed by atoms with E-state index < -0.39 is 0 Å². The topological polar surface area (TPSA) is 76.8 Å². The summed E-state index contributed by atoms with van der Waals surface area (Å²) < 4.78 is 0. The summed E-state index contributed by atoms with van der Waals surface area (Å²) in [5, 5.41) is 8.43. The summed E-state index contributed by atoms with van der Waals surface area (Å²) >= 11 is 5.89. The lowest BCUT2D eigenvalue weighted by atomic mass is 10.1. The third-order valence-electron chi connectivity index (χ3n) is 2.65. The average molecular weight is 299 g/mol. The van der Waals surface area contributed by atoms with Gasteiger partial charge in [-0.05, 0) is 23.8 Å². The maximum atomic E-state index is 5.89. The lowest BCUT2D eigenvalue weighted by molar-refractivity contribution is 1.20. The molecule has 0 aromatic heterocycles. The van der Waals surface area contributed by atoms with E-state index in [1.54, 1.807) is 12.1 Å². The van der Waals surface area contributed by atoms with Crippen LogP contribution in [0.25, 0.3) is 6.08 Å². The molecular formula is C16H15ClN4. The van der Waals surface area contributed by atoms with Crippen molar-refractivity contribution in [1.82, 2.24) is 0 Å². The summed E-state index contributed by atoms with van der Waals surface area (Å²) in [4.78, 5) is 0. The van der Waals surface area contributed by atoms with Crippen molar-refractivity contribution in [2.45, 2.75) is 0 Å². The smallest absolute Gasteiger partial charge is 0.211 e. The van der Waals surface area contributed by atoms with Gasteiger partial charge in [0.15, 0.2) is 0 Å². The molecule has 0 heterocycles. The molecule has 21 heavy (non-hydrogen) atoms. The van der Waals surface area contributed by atoms with Crippen LogP contribution in [-0.4, -0.2) is 11.7 Å². The van der Waals surface area contributed by atoms with E-state index in [2.05, 4.69) is 10.2 Å². The third-order valence-corrected chi connectivity index (χ3v) is 2.90. The van der Waals surface area contributed by atoms with E-state index in [1.807, 2.05) is 54.6 Å². The minimum Gasteiger partial charge on any atom is -0.369 e. The molecule has 4 N–H and O–H groups in total. The van der Waals surface area contributed by atoms with Crippen LogP contribution in [0.1, 0.15) is 11.1 Å². The molecule has 2 rings (SSSR count). The highest BCUT2D eigenvalue weighted by atomic mass is 35.5. The van der Waals surface area contributed by atoms with Crippen LogP contribution < -0.4 is 11.5 Å². The second-order valence-electron chi connectivity index (χ2n) is 4.26. The van der Waals surface area contributed by atoms with Crippen LogP contribution in [0.3, 0.4) is 0 Å². The van der Waals surface area contributed by atoms with Crippen LogP contribution in [0.5, 0.6) is 0 Å². The first kappa shape index (κ1) is 14.8. The van der Waals surface area contributed by atoms with E-state index in [4.69, 9.17) is 23.1 Å². The Balaban J connectivity index is 2.33. The van der Waals surface area contributed by atoms with Crippen molar-refractivity contribution in [3.8, 4) is 0 Å². The van der Waals surface area contributed by atoms with Crippen LogP contribution >= 0.6 is 11.6 Å². The SMILES string of the molecule is NC(N)=NN=C(C=Cc1ccccc1)c1ccc(Cl)cc1. The molecule has 0 saturated carbocycles. The lowest BCUT2D eigenvalue weighted by Gasteiger charge is -2.01. The van der Waals surface area contributed by atoms with Gasteiger partial charge in [0.25, 0.3) is 0 Å². The van der Waals surface area contributed by atoms with Crippen molar-refractivity contribution in [3.05, 3.63) is 76.8 Å². The van der Waals surface area contributed by atoms with Gasteiger partial charge in [-0.3, -0.25) is 0 Å². The summed E-state index contributed by atoms with van der Waals surface area (Å²) in [6.45, 7) is 0. The van der Waals surface area contributed by atoms with Gasteiger partial charge in [-0.1, -0.05) is 60.1 Å². The van der Waals surface area contributed by atoms with Crippen LogP contribution in [0.2, 0.25) is 5.02 Å². The predicted molar refractivity (Wildman–Crippen MR) is 89.3 cm³/mol. The normalized spacial score (nSPS) is 11.6. The molecule has 0 unspecified atom stereocenters. The van der Waals surface area contributed by atoms with Crippen molar-refractivity contribution in [2.24, 2.45) is 21.7 Å². The summed E-state index contributed by atoms with van der Waals surface area (Å²) in [6.07, 6.45) is 3.79. The Labute approximate surface area is 128 Å². The Morgan fingerprint density at radius 2 is 1.57 bits per heavy atom. The Morgan fingerprint density at radius 3 is 2.19 bits per heavy atom. The Kier molecular flexibility index (Phi) is 5.12. The minimum absolute atomic E-state index is 0.0884. The molecule has 0 radical (unpaired) electrons. The highest BCUT2D eigenvalue weighted by Gasteiger charge is 2.00. The molecule has 0 saturated heterocycles. The highest BCUT2D eigenvalue weighted by molar-refractivity contribution is 6.30. The van der Waals surface area contributed by atoms with E-state index in [0.29, 0.717) is 10.7 Å². The number of benzene rings is 2. The number of hydrogen-bond acceptors (Lipinski definition) is 2. The number of rotatable bonds is 4. The molecule has 106 valence electrons. The molecule has 0 spiro atoms. The maximum Gasteiger partial charge on any atom is 0.211 e. The fourth-order valence-corrected chi connectivity index (χ4v) is 1.78. The van der Waals surface area contributed by atoms with Crippen LogP contribution in [0.4, 0.5) is 0 Å². The van der Waals surface area contributed by atoms with Gasteiger partial charge in [-0.15, -0.1) is 10.2 Å². The number of hydrogen-bond donors (Lipinski definition) is 2. The molecule has 0 atom stereocenters. The third kappa shape index (κ3) is 4.78. The zero-order valence-electron chi connectivity index (χ0n) is 11.3. The van der Waals surface area contributed by atoms with Crippen LogP contribution in [-0.2, 0) is 0 Å². The number of nitrogens with two attached hydrogens (primary N) is 2. The van der Waals surface area contributed by atoms with Gasteiger partial charge in [0.1, 0.15) is 0 Å². The first-order valence-electron chi connectivity index (χ1n) is 6.31. The molecule has 4 nitrogen and oxygen atoms in total. The molecule has 0 aliphatic rings. The summed E-state index contributed by atoms with van der Waals surface area (Å²) in [5.41, 5.74) is 13.2. The summed E-state index contributed by atoms with van der Waals surface area (Å²) in [6, 6.07) is 17.2. The molecule has 2 aromatic rings. The number of halogens is 1. The monoisotopic (exact) mass is 298 g/mol. The molecule has 0 bridgehead atoms. The average Bonchev–Trinajstić information content (AvgIpc) is 2.49. The van der Waals surface area contributed by atoms with E-state index >= 15 is 0 Å². The van der Waals surface area contributed by atoms with Gasteiger partial charge in [0.05, 0.1) is 5.71 Å². The molecular weight excluding hydrogens is 284 g/mol. The van der Waals surface area contributed by atoms with Crippen molar-refractivity contribution in [2.75, 3.05) is 0 Å². The van der Waals surface area contributed by atoms with Crippen molar-refractivity contribution in [3.63, 3.8) is 0 Å². The minimum atomic E-state index is -0.0884. The second kappa shape index (κ2) is 7.26. The van der Waals surface area contributed by atoms with Crippen molar-refractivity contribution < 1.29 is 0 Å². The van der Waals surface area contributed by atoms with E-state index in [-0.39, 0.29) is 5.96 Å². The first-order valence-corrected chi connectivity index (χ1v) is 6.68. The Bertz CT molecular complexity index is 669. The van der Waals surface area contributed by atoms with E-state index in [0.717, 1.165) is 11.1 Å². The standard InChI is InChI=1S/C16H15ClN4/c17-14-9-7-13(8-10-14)15(20-21-16(18)19)11-6-12-4-2-1-3-5-12/h1-11H,(H4,18,19,21). The van der Waals surface area contributed by atoms with Gasteiger partial charge in [0, 0.05) is 10.6 Å².